The van der Waals surface area contributed by atoms with Crippen LogP contribution in [0, 0.1) is 12.3 Å². The first-order chi connectivity index (χ1) is 12.6. The minimum absolute atomic E-state index is 0.142. The molecular weight excluding hydrogens is 330 g/mol. The molecule has 6 heteroatoms. The van der Waals surface area contributed by atoms with Crippen LogP contribution in [0.5, 0.6) is 0 Å². The number of hydrogen-bond acceptors (Lipinski definition) is 4. The Morgan fingerprint density at radius 1 is 1.15 bits per heavy atom. The molecule has 1 atom stereocenters. The highest BCUT2D eigenvalue weighted by Gasteiger charge is 2.47. The Balaban J connectivity index is 1.57. The number of hydrogen-bond donors (Lipinski definition) is 0. The monoisotopic (exact) mass is 353 g/mol. The Hall–Kier alpha value is -2.63. The molecule has 2 aliphatic heterocycles. The molecule has 2 aromatic rings. The van der Waals surface area contributed by atoms with Crippen molar-refractivity contribution in [3.05, 3.63) is 47.9 Å². The number of carbonyl (C=O) groups excluding carboxylic acids is 2. The second kappa shape index (κ2) is 6.59. The number of amides is 2. The predicted octanol–water partition coefficient (Wildman–Crippen LogP) is 3.03. The smallest absolute Gasteiger partial charge is 0.276 e. The van der Waals surface area contributed by atoms with E-state index in [0.29, 0.717) is 24.5 Å². The van der Waals surface area contributed by atoms with Gasteiger partial charge in [-0.15, -0.1) is 0 Å². The third-order valence-corrected chi connectivity index (χ3v) is 5.51. The lowest BCUT2D eigenvalue weighted by atomic mass is 9.72. The van der Waals surface area contributed by atoms with E-state index >= 15 is 0 Å². The Kier molecular flexibility index (Phi) is 4.26. The fourth-order valence-electron chi connectivity index (χ4n) is 4.24. The molecule has 2 amide bonds. The van der Waals surface area contributed by atoms with E-state index in [2.05, 4.69) is 5.16 Å². The minimum Gasteiger partial charge on any atom is -0.361 e. The zero-order valence-corrected chi connectivity index (χ0v) is 15.0. The van der Waals surface area contributed by atoms with Crippen molar-refractivity contribution in [2.24, 2.45) is 5.41 Å². The molecule has 0 radical (unpaired) electrons. The Morgan fingerprint density at radius 2 is 1.88 bits per heavy atom. The van der Waals surface area contributed by atoms with E-state index in [9.17, 15) is 9.59 Å². The standard InChI is InChI=1S/C20H23N3O3/c1-15-13-17(21-26-15)18(24)22-11-5-9-20(14-22)10-6-12-23(19(20)25)16-7-3-2-4-8-16/h2-4,7-8,13H,5-6,9-12,14H2,1H3. The summed E-state index contributed by atoms with van der Waals surface area (Å²) in [7, 11) is 0. The molecule has 4 rings (SSSR count). The zero-order valence-electron chi connectivity index (χ0n) is 15.0. The van der Waals surface area contributed by atoms with Gasteiger partial charge in [-0.25, -0.2) is 0 Å². The van der Waals surface area contributed by atoms with E-state index in [1.165, 1.54) is 0 Å². The molecule has 1 spiro atoms. The molecule has 0 N–H and O–H groups in total. The second-order valence-corrected chi connectivity index (χ2v) is 7.33. The molecule has 0 aliphatic carbocycles. The molecule has 2 aliphatic rings. The van der Waals surface area contributed by atoms with Crippen molar-refractivity contribution in [3.8, 4) is 0 Å². The lowest BCUT2D eigenvalue weighted by Crippen LogP contribution is -2.57. The van der Waals surface area contributed by atoms with Crippen LogP contribution in [0.15, 0.2) is 40.9 Å². The number of carbonyl (C=O) groups is 2. The van der Waals surface area contributed by atoms with Crippen molar-refractivity contribution < 1.29 is 14.1 Å². The summed E-state index contributed by atoms with van der Waals surface area (Å²) in [5.74, 6) is 0.610. The Bertz CT molecular complexity index is 813. The maximum absolute atomic E-state index is 13.4. The molecule has 26 heavy (non-hydrogen) atoms. The van der Waals surface area contributed by atoms with Gasteiger partial charge in [0, 0.05) is 31.4 Å². The first kappa shape index (κ1) is 16.8. The predicted molar refractivity (Wildman–Crippen MR) is 96.8 cm³/mol. The number of rotatable bonds is 2. The summed E-state index contributed by atoms with van der Waals surface area (Å²) in [6.07, 6.45) is 3.44. The minimum atomic E-state index is -0.485. The molecule has 3 heterocycles. The van der Waals surface area contributed by atoms with E-state index in [1.54, 1.807) is 17.9 Å². The average molecular weight is 353 g/mol. The number of aryl methyl sites for hydroxylation is 1. The summed E-state index contributed by atoms with van der Waals surface area (Å²) < 4.78 is 5.04. The molecule has 136 valence electrons. The van der Waals surface area contributed by atoms with Gasteiger partial charge in [-0.3, -0.25) is 9.59 Å². The van der Waals surface area contributed by atoms with Gasteiger partial charge in [-0.2, -0.15) is 0 Å². The number of nitrogens with zero attached hydrogens (tertiary/aromatic N) is 3. The number of aromatic nitrogens is 1. The summed E-state index contributed by atoms with van der Waals surface area (Å²) in [6.45, 7) is 3.62. The van der Waals surface area contributed by atoms with Crippen LogP contribution in [0.2, 0.25) is 0 Å². The van der Waals surface area contributed by atoms with Gasteiger partial charge in [0.1, 0.15) is 5.76 Å². The summed E-state index contributed by atoms with van der Waals surface area (Å²) in [5, 5.41) is 3.84. The van der Waals surface area contributed by atoms with E-state index in [-0.39, 0.29) is 11.8 Å². The largest absolute Gasteiger partial charge is 0.361 e. The van der Waals surface area contributed by atoms with Gasteiger partial charge in [0.15, 0.2) is 5.69 Å². The van der Waals surface area contributed by atoms with E-state index in [1.807, 2.05) is 35.2 Å². The number of piperidine rings is 2. The van der Waals surface area contributed by atoms with Crippen molar-refractivity contribution in [2.45, 2.75) is 32.6 Å². The molecule has 0 bridgehead atoms. The molecular formula is C20H23N3O3. The number of likely N-dealkylation sites (tertiary alicyclic amines) is 1. The van der Waals surface area contributed by atoms with Gasteiger partial charge in [0.2, 0.25) is 5.91 Å². The van der Waals surface area contributed by atoms with Crippen molar-refractivity contribution in [3.63, 3.8) is 0 Å². The first-order valence-corrected chi connectivity index (χ1v) is 9.19. The van der Waals surface area contributed by atoms with Gasteiger partial charge in [-0.1, -0.05) is 23.4 Å². The SMILES string of the molecule is Cc1cc(C(=O)N2CCCC3(CCCN(c4ccccc4)C3=O)C2)no1. The van der Waals surface area contributed by atoms with Crippen LogP contribution in [0.4, 0.5) is 5.69 Å². The van der Waals surface area contributed by atoms with Crippen molar-refractivity contribution in [1.29, 1.82) is 0 Å². The molecule has 6 nitrogen and oxygen atoms in total. The lowest BCUT2D eigenvalue weighted by Gasteiger charge is -2.47. The number of para-hydroxylation sites is 1. The molecule has 2 saturated heterocycles. The number of benzene rings is 1. The Labute approximate surface area is 152 Å². The third-order valence-electron chi connectivity index (χ3n) is 5.51. The molecule has 0 saturated carbocycles. The second-order valence-electron chi connectivity index (χ2n) is 7.33. The van der Waals surface area contributed by atoms with Gasteiger partial charge in [-0.05, 0) is 44.7 Å². The summed E-state index contributed by atoms with van der Waals surface area (Å²) in [5.41, 5.74) is 0.774. The lowest BCUT2D eigenvalue weighted by molar-refractivity contribution is -0.133. The summed E-state index contributed by atoms with van der Waals surface area (Å²) >= 11 is 0. The first-order valence-electron chi connectivity index (χ1n) is 9.19. The van der Waals surface area contributed by atoms with E-state index in [0.717, 1.165) is 37.9 Å². The highest BCUT2D eigenvalue weighted by molar-refractivity contribution is 5.99. The fraction of sp³-hybridized carbons (Fsp3) is 0.450. The molecule has 1 aromatic heterocycles. The normalized spacial score (nSPS) is 23.5. The molecule has 1 unspecified atom stereocenters. The van der Waals surface area contributed by atoms with Crippen LogP contribution in [0.25, 0.3) is 0 Å². The maximum Gasteiger partial charge on any atom is 0.276 e. The average Bonchev–Trinajstić information content (AvgIpc) is 3.11. The van der Waals surface area contributed by atoms with Crippen molar-refractivity contribution in [2.75, 3.05) is 24.5 Å². The summed E-state index contributed by atoms with van der Waals surface area (Å²) in [6, 6.07) is 11.5. The van der Waals surface area contributed by atoms with Crippen molar-refractivity contribution in [1.82, 2.24) is 10.1 Å². The topological polar surface area (TPSA) is 66.7 Å². The maximum atomic E-state index is 13.4. The number of anilines is 1. The van der Waals surface area contributed by atoms with Crippen LogP contribution in [-0.4, -0.2) is 41.5 Å². The van der Waals surface area contributed by atoms with Crippen LogP contribution >= 0.6 is 0 Å². The highest BCUT2D eigenvalue weighted by atomic mass is 16.5. The molecule has 1 aromatic carbocycles. The quantitative estimate of drug-likeness (QED) is 0.832. The third kappa shape index (κ3) is 2.89. The molecule has 2 fully saturated rings. The van der Waals surface area contributed by atoms with Gasteiger partial charge in [0.05, 0.1) is 5.41 Å². The van der Waals surface area contributed by atoms with Crippen LogP contribution in [0.3, 0.4) is 0 Å². The van der Waals surface area contributed by atoms with Crippen LogP contribution in [-0.2, 0) is 4.79 Å². The van der Waals surface area contributed by atoms with E-state index < -0.39 is 5.41 Å². The Morgan fingerprint density at radius 3 is 2.58 bits per heavy atom. The van der Waals surface area contributed by atoms with Gasteiger partial charge >= 0.3 is 0 Å². The van der Waals surface area contributed by atoms with Crippen molar-refractivity contribution >= 4 is 17.5 Å². The fourth-order valence-corrected chi connectivity index (χ4v) is 4.24. The highest BCUT2D eigenvalue weighted by Crippen LogP contribution is 2.41. The zero-order chi connectivity index (χ0) is 18.1. The van der Waals surface area contributed by atoms with Crippen LogP contribution in [0.1, 0.15) is 41.9 Å². The van der Waals surface area contributed by atoms with Gasteiger partial charge in [0.25, 0.3) is 5.91 Å². The van der Waals surface area contributed by atoms with Crippen LogP contribution < -0.4 is 4.90 Å². The summed E-state index contributed by atoms with van der Waals surface area (Å²) in [4.78, 5) is 29.8. The van der Waals surface area contributed by atoms with E-state index in [4.69, 9.17) is 4.52 Å². The van der Waals surface area contributed by atoms with Gasteiger partial charge < -0.3 is 14.3 Å².